The van der Waals surface area contributed by atoms with Crippen LogP contribution in [0, 0.1) is 10.1 Å². The molecule has 0 radical (unpaired) electrons. The van der Waals surface area contributed by atoms with Gasteiger partial charge in [-0.3, -0.25) is 35.1 Å². The highest BCUT2D eigenvalue weighted by Gasteiger charge is 2.27. The molecule has 0 unspecified atom stereocenters. The number of nitro groups is 1. The largest absolute Gasteiger partial charge is 0.356 e. The third-order valence-corrected chi connectivity index (χ3v) is 5.52. The Morgan fingerprint density at radius 3 is 2.26 bits per heavy atom. The molecule has 0 bridgehead atoms. The molecule has 2 aliphatic rings. The second-order valence-electron chi connectivity index (χ2n) is 7.78. The van der Waals surface area contributed by atoms with Crippen molar-refractivity contribution in [2.75, 3.05) is 18.0 Å². The fourth-order valence-electron chi connectivity index (χ4n) is 3.70. The number of hydrogen-bond acceptors (Lipinski definition) is 8. The monoisotopic (exact) mass is 464 g/mol. The Hall–Kier alpha value is -4.61. The number of carbonyl (C=O) groups excluding carboxylic acids is 4. The van der Waals surface area contributed by atoms with Crippen LogP contribution in [0.25, 0.3) is 6.08 Å². The number of rotatable bonds is 5. The zero-order chi connectivity index (χ0) is 24.2. The number of benzene rings is 1. The molecule has 0 atom stereocenters. The summed E-state index contributed by atoms with van der Waals surface area (Å²) >= 11 is 0. The average Bonchev–Trinajstić information content (AvgIpc) is 2.82. The molecule has 2 aliphatic heterocycles. The lowest BCUT2D eigenvalue weighted by atomic mass is 10.0. The lowest BCUT2D eigenvalue weighted by molar-refractivity contribution is -0.385. The van der Waals surface area contributed by atoms with E-state index in [-0.39, 0.29) is 23.2 Å². The molecule has 2 aromatic rings. The normalized spacial score (nSPS) is 16.5. The second-order valence-corrected chi connectivity index (χ2v) is 7.78. The Labute approximate surface area is 193 Å². The quantitative estimate of drug-likeness (QED) is 0.257. The van der Waals surface area contributed by atoms with Crippen molar-refractivity contribution >= 4 is 41.3 Å². The van der Waals surface area contributed by atoms with Gasteiger partial charge in [0.2, 0.25) is 0 Å². The highest BCUT2D eigenvalue weighted by atomic mass is 16.6. The Balaban J connectivity index is 1.32. The molecule has 2 fully saturated rings. The third-order valence-electron chi connectivity index (χ3n) is 5.52. The lowest BCUT2D eigenvalue weighted by Gasteiger charge is -2.33. The molecule has 0 saturated carbocycles. The van der Waals surface area contributed by atoms with Crippen molar-refractivity contribution in [3.63, 3.8) is 0 Å². The number of imide groups is 2. The van der Waals surface area contributed by atoms with Gasteiger partial charge in [-0.2, -0.15) is 0 Å². The van der Waals surface area contributed by atoms with Crippen LogP contribution in [0.5, 0.6) is 0 Å². The van der Waals surface area contributed by atoms with E-state index in [0.717, 1.165) is 0 Å². The van der Waals surface area contributed by atoms with Crippen LogP contribution in [-0.4, -0.2) is 52.8 Å². The fourth-order valence-corrected chi connectivity index (χ4v) is 3.70. The number of amides is 5. The van der Waals surface area contributed by atoms with Crippen molar-refractivity contribution in [2.45, 2.75) is 18.9 Å². The molecule has 12 nitrogen and oxygen atoms in total. The summed E-state index contributed by atoms with van der Waals surface area (Å²) in [5.74, 6) is -1.16. The highest BCUT2D eigenvalue weighted by molar-refractivity contribution is 6.31. The molecule has 2 saturated heterocycles. The summed E-state index contributed by atoms with van der Waals surface area (Å²) in [6.45, 7) is 1.30. The van der Waals surface area contributed by atoms with Crippen molar-refractivity contribution in [3.8, 4) is 0 Å². The summed E-state index contributed by atoms with van der Waals surface area (Å²) in [5, 5.41) is 17.8. The van der Waals surface area contributed by atoms with Gasteiger partial charge in [-0.15, -0.1) is 0 Å². The van der Waals surface area contributed by atoms with E-state index in [1.165, 1.54) is 18.3 Å². The number of nitrogens with zero attached hydrogens (tertiary/aromatic N) is 3. The first kappa shape index (κ1) is 22.6. The van der Waals surface area contributed by atoms with Crippen molar-refractivity contribution in [1.82, 2.24) is 20.9 Å². The van der Waals surface area contributed by atoms with Gasteiger partial charge in [0.15, 0.2) is 0 Å². The standard InChI is InChI=1S/C22H20N6O6/c29-19(14-3-1-13(2-4-14)11-17-20(30)25-22(32)26-21(17)31)24-15-7-9-27(10-8-15)18-6-5-16(12-23-18)28(33)34/h1-6,11-12,15H,7-10H2,(H,24,29)(H2,25,26,30,31,32). The number of nitrogens with one attached hydrogen (secondary N) is 3. The summed E-state index contributed by atoms with van der Waals surface area (Å²) in [6, 6.07) is 8.51. The van der Waals surface area contributed by atoms with Gasteiger partial charge in [0.1, 0.15) is 17.6 Å². The number of pyridine rings is 1. The van der Waals surface area contributed by atoms with Crippen LogP contribution in [0.1, 0.15) is 28.8 Å². The fraction of sp³-hybridized carbons (Fsp3) is 0.227. The Morgan fingerprint density at radius 1 is 1.06 bits per heavy atom. The van der Waals surface area contributed by atoms with E-state index in [0.29, 0.717) is 42.9 Å². The maximum atomic E-state index is 12.6. The first-order chi connectivity index (χ1) is 16.3. The van der Waals surface area contributed by atoms with Crippen molar-refractivity contribution in [2.24, 2.45) is 0 Å². The SMILES string of the molecule is O=C1NC(=O)C(=Cc2ccc(C(=O)NC3CCN(c4ccc([N+](=O)[O-])cn4)CC3)cc2)C(=O)N1. The average molecular weight is 464 g/mol. The molecular weight excluding hydrogens is 444 g/mol. The van der Waals surface area contributed by atoms with E-state index >= 15 is 0 Å². The van der Waals surface area contributed by atoms with Gasteiger partial charge in [-0.05, 0) is 42.7 Å². The number of carbonyl (C=O) groups is 4. The first-order valence-corrected chi connectivity index (χ1v) is 10.4. The number of hydrogen-bond donors (Lipinski definition) is 3. The van der Waals surface area contributed by atoms with E-state index in [4.69, 9.17) is 0 Å². The van der Waals surface area contributed by atoms with Crippen LogP contribution in [-0.2, 0) is 9.59 Å². The van der Waals surface area contributed by atoms with E-state index in [1.807, 2.05) is 15.5 Å². The Morgan fingerprint density at radius 2 is 1.71 bits per heavy atom. The molecule has 0 spiro atoms. The van der Waals surface area contributed by atoms with Crippen molar-refractivity contribution < 1.29 is 24.1 Å². The molecule has 4 rings (SSSR count). The minimum atomic E-state index is -0.867. The molecule has 3 N–H and O–H groups in total. The molecule has 12 heteroatoms. The number of barbiturate groups is 1. The van der Waals surface area contributed by atoms with Crippen LogP contribution in [0.4, 0.5) is 16.3 Å². The molecule has 3 heterocycles. The summed E-state index contributed by atoms with van der Waals surface area (Å²) in [6.07, 6.45) is 3.95. The van der Waals surface area contributed by atoms with Gasteiger partial charge in [0.25, 0.3) is 23.4 Å². The van der Waals surface area contributed by atoms with Gasteiger partial charge in [0, 0.05) is 30.8 Å². The van der Waals surface area contributed by atoms with Crippen molar-refractivity contribution in [1.29, 1.82) is 0 Å². The minimum Gasteiger partial charge on any atom is -0.356 e. The van der Waals surface area contributed by atoms with Crippen LogP contribution in [0.2, 0.25) is 0 Å². The summed E-state index contributed by atoms with van der Waals surface area (Å²) in [4.78, 5) is 63.8. The molecule has 34 heavy (non-hydrogen) atoms. The van der Waals surface area contributed by atoms with E-state index < -0.39 is 22.8 Å². The van der Waals surface area contributed by atoms with Gasteiger partial charge in [0.05, 0.1) is 4.92 Å². The smallest absolute Gasteiger partial charge is 0.328 e. The number of aromatic nitrogens is 1. The molecular formula is C22H20N6O6. The lowest BCUT2D eigenvalue weighted by Crippen LogP contribution is -2.51. The summed E-state index contributed by atoms with van der Waals surface area (Å²) in [7, 11) is 0. The Kier molecular flexibility index (Phi) is 6.30. The predicted molar refractivity (Wildman–Crippen MR) is 120 cm³/mol. The van der Waals surface area contributed by atoms with Gasteiger partial charge in [-0.1, -0.05) is 12.1 Å². The zero-order valence-electron chi connectivity index (χ0n) is 17.8. The maximum Gasteiger partial charge on any atom is 0.328 e. The predicted octanol–water partition coefficient (Wildman–Crippen LogP) is 1.14. The molecule has 0 aliphatic carbocycles. The third kappa shape index (κ3) is 5.06. The van der Waals surface area contributed by atoms with E-state index in [1.54, 1.807) is 30.3 Å². The Bertz CT molecular complexity index is 1160. The zero-order valence-corrected chi connectivity index (χ0v) is 17.8. The highest BCUT2D eigenvalue weighted by Crippen LogP contribution is 2.20. The van der Waals surface area contributed by atoms with Gasteiger partial charge >= 0.3 is 6.03 Å². The maximum absolute atomic E-state index is 12.6. The number of urea groups is 1. The summed E-state index contributed by atoms with van der Waals surface area (Å²) < 4.78 is 0. The van der Waals surface area contributed by atoms with Gasteiger partial charge < -0.3 is 10.2 Å². The van der Waals surface area contributed by atoms with Crippen LogP contribution in [0.15, 0.2) is 48.2 Å². The molecule has 174 valence electrons. The second kappa shape index (κ2) is 9.48. The van der Waals surface area contributed by atoms with Gasteiger partial charge in [-0.25, -0.2) is 9.78 Å². The van der Waals surface area contributed by atoms with Crippen LogP contribution < -0.4 is 20.9 Å². The van der Waals surface area contributed by atoms with E-state index in [2.05, 4.69) is 10.3 Å². The van der Waals surface area contributed by atoms with E-state index in [9.17, 15) is 29.3 Å². The topological polar surface area (TPSA) is 164 Å². The molecule has 5 amide bonds. The van der Waals surface area contributed by atoms with Crippen molar-refractivity contribution in [3.05, 3.63) is 69.4 Å². The first-order valence-electron chi connectivity index (χ1n) is 10.4. The minimum absolute atomic E-state index is 0.0317. The van der Waals surface area contributed by atoms with Crippen LogP contribution in [0.3, 0.4) is 0 Å². The summed E-state index contributed by atoms with van der Waals surface area (Å²) in [5.41, 5.74) is 0.684. The van der Waals surface area contributed by atoms with Crippen LogP contribution >= 0.6 is 0 Å². The number of anilines is 1. The molecule has 1 aromatic carbocycles. The number of piperidine rings is 1. The molecule has 1 aromatic heterocycles.